The van der Waals surface area contributed by atoms with E-state index in [-0.39, 0.29) is 12.3 Å². The lowest BCUT2D eigenvalue weighted by Crippen LogP contribution is -2.37. The number of morpholine rings is 1. The maximum atomic E-state index is 12.2. The van der Waals surface area contributed by atoms with Gasteiger partial charge in [0.15, 0.2) is 0 Å². The van der Waals surface area contributed by atoms with Crippen LogP contribution in [0.25, 0.3) is 0 Å². The van der Waals surface area contributed by atoms with Crippen LogP contribution in [0.5, 0.6) is 0 Å². The molecule has 2 aromatic rings. The van der Waals surface area contributed by atoms with Crippen molar-refractivity contribution in [2.45, 2.75) is 12.3 Å². The summed E-state index contributed by atoms with van der Waals surface area (Å²) >= 11 is 0. The first-order valence-corrected chi connectivity index (χ1v) is 9.43. The van der Waals surface area contributed by atoms with Gasteiger partial charge in [0, 0.05) is 19.3 Å². The summed E-state index contributed by atoms with van der Waals surface area (Å²) in [4.78, 5) is 10.7. The third-order valence-corrected chi connectivity index (χ3v) is 4.97. The van der Waals surface area contributed by atoms with Gasteiger partial charge in [0.25, 0.3) is 0 Å². The molecule has 3 rings (SSSR count). The van der Waals surface area contributed by atoms with Crippen LogP contribution >= 0.6 is 0 Å². The van der Waals surface area contributed by atoms with Crippen molar-refractivity contribution in [1.29, 1.82) is 0 Å². The summed E-state index contributed by atoms with van der Waals surface area (Å²) in [6.45, 7) is 2.96. The first-order chi connectivity index (χ1) is 11.6. The quantitative estimate of drug-likeness (QED) is 0.836. The molecule has 0 saturated carbocycles. The Labute approximate surface area is 141 Å². The summed E-state index contributed by atoms with van der Waals surface area (Å²) in [5, 5.41) is 0. The van der Waals surface area contributed by atoms with Gasteiger partial charge < -0.3 is 9.64 Å². The van der Waals surface area contributed by atoms with Gasteiger partial charge in [0.2, 0.25) is 10.0 Å². The van der Waals surface area contributed by atoms with Gasteiger partial charge in [0.05, 0.1) is 25.5 Å². The van der Waals surface area contributed by atoms with Gasteiger partial charge in [-0.3, -0.25) is 0 Å². The first kappa shape index (κ1) is 16.8. The number of hydrogen-bond donors (Lipinski definition) is 1. The summed E-state index contributed by atoms with van der Waals surface area (Å²) in [6, 6.07) is 10.9. The van der Waals surface area contributed by atoms with Crippen LogP contribution < -0.4 is 9.62 Å². The minimum absolute atomic E-state index is 0.0585. The molecule has 0 amide bonds. The van der Waals surface area contributed by atoms with Gasteiger partial charge >= 0.3 is 0 Å². The number of benzene rings is 1. The smallest absolute Gasteiger partial charge is 0.216 e. The normalized spacial score (nSPS) is 15.4. The van der Waals surface area contributed by atoms with Crippen LogP contribution in [0, 0.1) is 0 Å². The predicted molar refractivity (Wildman–Crippen MR) is 91.0 cm³/mol. The molecule has 0 unspecified atom stereocenters. The number of rotatable bonds is 6. The van der Waals surface area contributed by atoms with Gasteiger partial charge in [-0.15, -0.1) is 0 Å². The number of ether oxygens (including phenoxy) is 1. The van der Waals surface area contributed by atoms with E-state index in [4.69, 9.17) is 4.74 Å². The molecule has 24 heavy (non-hydrogen) atoms. The fraction of sp³-hybridized carbons (Fsp3) is 0.375. The molecule has 0 radical (unpaired) electrons. The van der Waals surface area contributed by atoms with E-state index in [1.54, 1.807) is 18.3 Å². The zero-order chi connectivity index (χ0) is 16.8. The van der Waals surface area contributed by atoms with Crippen LogP contribution in [-0.4, -0.2) is 44.7 Å². The van der Waals surface area contributed by atoms with Crippen molar-refractivity contribution >= 4 is 15.8 Å². The molecule has 1 fully saturated rings. The molecule has 128 valence electrons. The molecule has 1 aromatic heterocycles. The number of nitrogens with zero attached hydrogens (tertiary/aromatic N) is 3. The predicted octanol–water partition coefficient (Wildman–Crippen LogP) is 0.933. The van der Waals surface area contributed by atoms with Crippen LogP contribution in [-0.2, 0) is 27.1 Å². The summed E-state index contributed by atoms with van der Waals surface area (Å²) < 4.78 is 32.2. The van der Waals surface area contributed by atoms with Crippen molar-refractivity contribution in [2.24, 2.45) is 0 Å². The number of aromatic nitrogens is 2. The lowest BCUT2D eigenvalue weighted by atomic mass is 10.2. The highest BCUT2D eigenvalue weighted by atomic mass is 32.2. The van der Waals surface area contributed by atoms with Crippen molar-refractivity contribution < 1.29 is 13.2 Å². The van der Waals surface area contributed by atoms with Crippen LogP contribution in [0.4, 0.5) is 5.82 Å². The van der Waals surface area contributed by atoms with Crippen molar-refractivity contribution in [2.75, 3.05) is 31.2 Å². The molecular weight excluding hydrogens is 328 g/mol. The highest BCUT2D eigenvalue weighted by Crippen LogP contribution is 2.12. The molecule has 0 aliphatic carbocycles. The monoisotopic (exact) mass is 348 g/mol. The van der Waals surface area contributed by atoms with E-state index < -0.39 is 10.0 Å². The molecular formula is C16H20N4O3S. The first-order valence-electron chi connectivity index (χ1n) is 7.78. The van der Waals surface area contributed by atoms with Crippen molar-refractivity contribution in [3.05, 3.63) is 54.0 Å². The molecule has 1 saturated heterocycles. The molecule has 2 heterocycles. The van der Waals surface area contributed by atoms with Crippen LogP contribution in [0.1, 0.15) is 11.4 Å². The maximum Gasteiger partial charge on any atom is 0.216 e. The average Bonchev–Trinajstić information content (AvgIpc) is 2.62. The SMILES string of the molecule is O=S(=O)(Cc1ccccc1)NCc1nccc(N2CCOCC2)n1. The van der Waals surface area contributed by atoms with Crippen LogP contribution in [0.2, 0.25) is 0 Å². The van der Waals surface area contributed by atoms with E-state index in [9.17, 15) is 8.42 Å². The van der Waals surface area contributed by atoms with Crippen LogP contribution in [0.15, 0.2) is 42.6 Å². The molecule has 0 spiro atoms. The molecule has 0 atom stereocenters. The van der Waals surface area contributed by atoms with E-state index in [2.05, 4.69) is 19.6 Å². The Balaban J connectivity index is 1.61. The Kier molecular flexibility index (Phi) is 5.39. The summed E-state index contributed by atoms with van der Waals surface area (Å²) in [5.74, 6) is 1.19. The number of hydrogen-bond acceptors (Lipinski definition) is 6. The largest absolute Gasteiger partial charge is 0.378 e. The molecule has 0 bridgehead atoms. The Bertz CT molecular complexity index is 762. The second kappa shape index (κ2) is 7.69. The molecule has 1 aromatic carbocycles. The number of anilines is 1. The number of sulfonamides is 1. The van der Waals surface area contributed by atoms with E-state index >= 15 is 0 Å². The average molecular weight is 348 g/mol. The Morgan fingerprint density at radius 1 is 1.12 bits per heavy atom. The molecule has 1 aliphatic heterocycles. The van der Waals surface area contributed by atoms with E-state index in [0.717, 1.165) is 24.5 Å². The molecule has 1 aliphatic rings. The highest BCUT2D eigenvalue weighted by Gasteiger charge is 2.15. The van der Waals surface area contributed by atoms with E-state index in [1.807, 2.05) is 24.3 Å². The van der Waals surface area contributed by atoms with E-state index in [1.165, 1.54) is 0 Å². The van der Waals surface area contributed by atoms with Gasteiger partial charge in [-0.05, 0) is 11.6 Å². The fourth-order valence-electron chi connectivity index (χ4n) is 2.46. The van der Waals surface area contributed by atoms with Crippen molar-refractivity contribution in [3.63, 3.8) is 0 Å². The summed E-state index contributed by atoms with van der Waals surface area (Å²) in [5.41, 5.74) is 0.744. The standard InChI is InChI=1S/C16H20N4O3S/c21-24(22,13-14-4-2-1-3-5-14)18-12-15-17-7-6-16(19-15)20-8-10-23-11-9-20/h1-7,18H,8-13H2. The lowest BCUT2D eigenvalue weighted by molar-refractivity contribution is 0.122. The van der Waals surface area contributed by atoms with Gasteiger partial charge in [-0.1, -0.05) is 30.3 Å². The Morgan fingerprint density at radius 3 is 2.62 bits per heavy atom. The Hall–Kier alpha value is -2.03. The summed E-state index contributed by atoms with van der Waals surface area (Å²) in [7, 11) is -3.43. The minimum Gasteiger partial charge on any atom is -0.378 e. The third kappa shape index (κ3) is 4.73. The van der Waals surface area contributed by atoms with Gasteiger partial charge in [-0.2, -0.15) is 0 Å². The Morgan fingerprint density at radius 2 is 1.88 bits per heavy atom. The maximum absolute atomic E-state index is 12.2. The second-order valence-electron chi connectivity index (χ2n) is 5.50. The third-order valence-electron chi connectivity index (χ3n) is 3.68. The fourth-order valence-corrected chi connectivity index (χ4v) is 3.54. The van der Waals surface area contributed by atoms with Crippen molar-refractivity contribution in [1.82, 2.24) is 14.7 Å². The van der Waals surface area contributed by atoms with Crippen molar-refractivity contribution in [3.8, 4) is 0 Å². The van der Waals surface area contributed by atoms with Gasteiger partial charge in [0.1, 0.15) is 11.6 Å². The zero-order valence-electron chi connectivity index (χ0n) is 13.3. The topological polar surface area (TPSA) is 84.4 Å². The zero-order valence-corrected chi connectivity index (χ0v) is 14.1. The van der Waals surface area contributed by atoms with E-state index in [0.29, 0.717) is 19.0 Å². The lowest BCUT2D eigenvalue weighted by Gasteiger charge is -2.27. The second-order valence-corrected chi connectivity index (χ2v) is 7.30. The summed E-state index contributed by atoms with van der Waals surface area (Å²) in [6.07, 6.45) is 1.65. The highest BCUT2D eigenvalue weighted by molar-refractivity contribution is 7.88. The van der Waals surface area contributed by atoms with Crippen LogP contribution in [0.3, 0.4) is 0 Å². The van der Waals surface area contributed by atoms with Gasteiger partial charge in [-0.25, -0.2) is 23.1 Å². The number of nitrogens with one attached hydrogen (secondary N) is 1. The molecule has 8 heteroatoms. The molecule has 1 N–H and O–H groups in total. The molecule has 7 nitrogen and oxygen atoms in total. The minimum atomic E-state index is -3.43.